The van der Waals surface area contributed by atoms with Crippen molar-refractivity contribution in [2.24, 2.45) is 17.3 Å². The molecule has 1 heterocycles. The molecule has 0 aromatic carbocycles. The third kappa shape index (κ3) is 4.71. The molecule has 0 spiro atoms. The first-order valence-corrected chi connectivity index (χ1v) is 8.55. The maximum absolute atomic E-state index is 5.16. The molecule has 0 aromatic rings. The van der Waals surface area contributed by atoms with E-state index < -0.39 is 0 Å². The highest BCUT2D eigenvalue weighted by atomic mass is 16.5. The Bertz CT molecular complexity index is 284. The lowest BCUT2D eigenvalue weighted by atomic mass is 9.69. The number of methoxy groups -OCH3 is 1. The Hall–Kier alpha value is -0.120. The molecule has 3 heteroatoms. The minimum absolute atomic E-state index is 0.509. The van der Waals surface area contributed by atoms with Crippen LogP contribution in [-0.2, 0) is 4.74 Å². The summed E-state index contributed by atoms with van der Waals surface area (Å²) in [4.78, 5) is 2.72. The van der Waals surface area contributed by atoms with Crippen LogP contribution >= 0.6 is 0 Å². The van der Waals surface area contributed by atoms with Crippen LogP contribution in [0.4, 0.5) is 0 Å². The summed E-state index contributed by atoms with van der Waals surface area (Å²) >= 11 is 0. The standard InChI is InChI=1S/C17H34N2O/c1-15-5-4-7-17(11-15,13-18-8-10-20-3)14-19-9-6-16(2)12-19/h15-16,18H,4-14H2,1-3H3. The van der Waals surface area contributed by atoms with Gasteiger partial charge in [0.25, 0.3) is 0 Å². The molecule has 0 amide bonds. The Morgan fingerprint density at radius 2 is 2.10 bits per heavy atom. The number of nitrogens with one attached hydrogen (secondary N) is 1. The lowest BCUT2D eigenvalue weighted by Crippen LogP contribution is -2.46. The number of hydrogen-bond donors (Lipinski definition) is 1. The normalized spacial score (nSPS) is 35.5. The number of hydrogen-bond acceptors (Lipinski definition) is 3. The van der Waals surface area contributed by atoms with Gasteiger partial charge in [-0.15, -0.1) is 0 Å². The molecular formula is C17H34N2O. The van der Waals surface area contributed by atoms with E-state index in [1.165, 1.54) is 58.3 Å². The molecule has 3 unspecified atom stereocenters. The summed E-state index contributed by atoms with van der Waals surface area (Å²) in [6, 6.07) is 0. The van der Waals surface area contributed by atoms with Crippen molar-refractivity contribution in [1.82, 2.24) is 10.2 Å². The van der Waals surface area contributed by atoms with Gasteiger partial charge in [0.05, 0.1) is 6.61 Å². The first-order chi connectivity index (χ1) is 9.63. The summed E-state index contributed by atoms with van der Waals surface area (Å²) in [6.45, 7) is 11.8. The second kappa shape index (κ2) is 7.77. The maximum atomic E-state index is 5.16. The molecule has 1 aliphatic carbocycles. The van der Waals surface area contributed by atoms with Gasteiger partial charge in [-0.3, -0.25) is 0 Å². The molecule has 3 atom stereocenters. The van der Waals surface area contributed by atoms with Crippen molar-refractivity contribution in [2.75, 3.05) is 46.4 Å². The van der Waals surface area contributed by atoms with Gasteiger partial charge < -0.3 is 15.0 Å². The van der Waals surface area contributed by atoms with Gasteiger partial charge in [0.1, 0.15) is 0 Å². The smallest absolute Gasteiger partial charge is 0.0587 e. The lowest BCUT2D eigenvalue weighted by Gasteiger charge is -2.43. The van der Waals surface area contributed by atoms with E-state index in [1.807, 2.05) is 0 Å². The fourth-order valence-electron chi connectivity index (χ4n) is 4.30. The van der Waals surface area contributed by atoms with E-state index in [9.17, 15) is 0 Å². The zero-order valence-corrected chi connectivity index (χ0v) is 13.8. The molecule has 2 fully saturated rings. The summed E-state index contributed by atoms with van der Waals surface area (Å²) < 4.78 is 5.16. The second-order valence-electron chi connectivity index (χ2n) is 7.50. The summed E-state index contributed by atoms with van der Waals surface area (Å²) in [5.74, 6) is 1.79. The number of ether oxygens (including phenoxy) is 1. The highest BCUT2D eigenvalue weighted by molar-refractivity contribution is 4.91. The van der Waals surface area contributed by atoms with Crippen LogP contribution in [-0.4, -0.2) is 51.3 Å². The second-order valence-corrected chi connectivity index (χ2v) is 7.50. The predicted molar refractivity (Wildman–Crippen MR) is 85.0 cm³/mol. The van der Waals surface area contributed by atoms with E-state index in [2.05, 4.69) is 24.1 Å². The van der Waals surface area contributed by atoms with Crippen LogP contribution in [0, 0.1) is 17.3 Å². The fourth-order valence-corrected chi connectivity index (χ4v) is 4.30. The Balaban J connectivity index is 1.88. The van der Waals surface area contributed by atoms with Crippen LogP contribution in [0.15, 0.2) is 0 Å². The van der Waals surface area contributed by atoms with E-state index >= 15 is 0 Å². The molecule has 0 radical (unpaired) electrons. The van der Waals surface area contributed by atoms with Crippen LogP contribution in [0.2, 0.25) is 0 Å². The van der Waals surface area contributed by atoms with Crippen LogP contribution in [0.25, 0.3) is 0 Å². The molecule has 118 valence electrons. The Morgan fingerprint density at radius 1 is 1.25 bits per heavy atom. The average Bonchev–Trinajstić information content (AvgIpc) is 2.80. The molecule has 0 aromatic heterocycles. The molecule has 2 rings (SSSR count). The topological polar surface area (TPSA) is 24.5 Å². The molecule has 1 saturated carbocycles. The minimum atomic E-state index is 0.509. The Labute approximate surface area is 125 Å². The van der Waals surface area contributed by atoms with Gasteiger partial charge in [0, 0.05) is 33.3 Å². The van der Waals surface area contributed by atoms with Crippen molar-refractivity contribution in [3.05, 3.63) is 0 Å². The largest absolute Gasteiger partial charge is 0.383 e. The third-order valence-electron chi connectivity index (χ3n) is 5.24. The van der Waals surface area contributed by atoms with Crippen molar-refractivity contribution >= 4 is 0 Å². The Kier molecular flexibility index (Phi) is 6.31. The van der Waals surface area contributed by atoms with E-state index in [-0.39, 0.29) is 0 Å². The lowest BCUT2D eigenvalue weighted by molar-refractivity contribution is 0.0869. The Morgan fingerprint density at radius 3 is 2.75 bits per heavy atom. The first-order valence-electron chi connectivity index (χ1n) is 8.55. The van der Waals surface area contributed by atoms with E-state index in [1.54, 1.807) is 7.11 Å². The van der Waals surface area contributed by atoms with Crippen LogP contribution in [0.5, 0.6) is 0 Å². The molecular weight excluding hydrogens is 248 g/mol. The van der Waals surface area contributed by atoms with Gasteiger partial charge in [-0.05, 0) is 43.1 Å². The molecule has 1 N–H and O–H groups in total. The van der Waals surface area contributed by atoms with E-state index in [4.69, 9.17) is 4.74 Å². The summed E-state index contributed by atoms with van der Waals surface area (Å²) in [5, 5.41) is 3.65. The quantitative estimate of drug-likeness (QED) is 0.727. The number of rotatable bonds is 7. The van der Waals surface area contributed by atoms with Crippen molar-refractivity contribution in [3.8, 4) is 0 Å². The molecule has 2 aliphatic rings. The van der Waals surface area contributed by atoms with Crippen molar-refractivity contribution in [1.29, 1.82) is 0 Å². The summed E-state index contributed by atoms with van der Waals surface area (Å²) in [6.07, 6.45) is 7.04. The van der Waals surface area contributed by atoms with Crippen LogP contribution in [0.3, 0.4) is 0 Å². The molecule has 3 nitrogen and oxygen atoms in total. The van der Waals surface area contributed by atoms with Crippen molar-refractivity contribution < 1.29 is 4.74 Å². The highest BCUT2D eigenvalue weighted by Crippen LogP contribution is 2.40. The zero-order valence-electron chi connectivity index (χ0n) is 13.8. The van der Waals surface area contributed by atoms with Gasteiger partial charge in [0.15, 0.2) is 0 Å². The van der Waals surface area contributed by atoms with Gasteiger partial charge in [-0.2, -0.15) is 0 Å². The first kappa shape index (κ1) is 16.3. The maximum Gasteiger partial charge on any atom is 0.0587 e. The van der Waals surface area contributed by atoms with Gasteiger partial charge in [-0.1, -0.05) is 26.7 Å². The van der Waals surface area contributed by atoms with Crippen molar-refractivity contribution in [2.45, 2.75) is 46.0 Å². The zero-order chi connectivity index (χ0) is 14.4. The van der Waals surface area contributed by atoms with Crippen molar-refractivity contribution in [3.63, 3.8) is 0 Å². The molecule has 20 heavy (non-hydrogen) atoms. The third-order valence-corrected chi connectivity index (χ3v) is 5.24. The van der Waals surface area contributed by atoms with Crippen LogP contribution < -0.4 is 5.32 Å². The molecule has 1 aliphatic heterocycles. The summed E-state index contributed by atoms with van der Waals surface area (Å²) in [7, 11) is 1.78. The minimum Gasteiger partial charge on any atom is -0.383 e. The SMILES string of the molecule is COCCNCC1(CN2CCC(C)C2)CCCC(C)C1. The molecule has 1 saturated heterocycles. The molecule has 0 bridgehead atoms. The predicted octanol–water partition coefficient (Wildman–Crippen LogP) is 2.76. The average molecular weight is 282 g/mol. The van der Waals surface area contributed by atoms with E-state index in [0.717, 1.165) is 25.0 Å². The van der Waals surface area contributed by atoms with Gasteiger partial charge in [-0.25, -0.2) is 0 Å². The van der Waals surface area contributed by atoms with Gasteiger partial charge in [0.2, 0.25) is 0 Å². The number of likely N-dealkylation sites (tertiary alicyclic amines) is 1. The van der Waals surface area contributed by atoms with E-state index in [0.29, 0.717) is 5.41 Å². The van der Waals surface area contributed by atoms with Gasteiger partial charge >= 0.3 is 0 Å². The van der Waals surface area contributed by atoms with Crippen LogP contribution in [0.1, 0.15) is 46.0 Å². The monoisotopic (exact) mass is 282 g/mol. The number of nitrogens with zero attached hydrogens (tertiary/aromatic N) is 1. The fraction of sp³-hybridized carbons (Fsp3) is 1.00. The summed E-state index contributed by atoms with van der Waals surface area (Å²) in [5.41, 5.74) is 0.509. The highest BCUT2D eigenvalue weighted by Gasteiger charge is 2.37.